The van der Waals surface area contributed by atoms with Crippen LogP contribution in [-0.2, 0) is 9.53 Å². The molecular formula is C22H25NO3. The summed E-state index contributed by atoms with van der Waals surface area (Å²) in [5, 5.41) is 2.92. The first-order chi connectivity index (χ1) is 12.6. The molecule has 4 heteroatoms. The lowest BCUT2D eigenvalue weighted by Gasteiger charge is -2.07. The van der Waals surface area contributed by atoms with E-state index in [0.29, 0.717) is 24.3 Å². The quantitative estimate of drug-likeness (QED) is 0.414. The number of esters is 1. The van der Waals surface area contributed by atoms with Gasteiger partial charge in [0, 0.05) is 17.7 Å². The molecule has 0 saturated carbocycles. The first-order valence-electron chi connectivity index (χ1n) is 8.84. The predicted molar refractivity (Wildman–Crippen MR) is 104 cm³/mol. The Morgan fingerprint density at radius 2 is 1.58 bits per heavy atom. The van der Waals surface area contributed by atoms with Crippen LogP contribution in [0.3, 0.4) is 0 Å². The lowest BCUT2D eigenvalue weighted by Crippen LogP contribution is -2.24. The van der Waals surface area contributed by atoms with Crippen molar-refractivity contribution in [2.45, 2.75) is 26.2 Å². The van der Waals surface area contributed by atoms with Crippen LogP contribution < -0.4 is 5.32 Å². The predicted octanol–water partition coefficient (Wildman–Crippen LogP) is 4.37. The summed E-state index contributed by atoms with van der Waals surface area (Å²) in [7, 11) is 0. The molecule has 0 bridgehead atoms. The normalized spacial score (nSPS) is 10.2. The number of carbonyl (C=O) groups is 2. The summed E-state index contributed by atoms with van der Waals surface area (Å²) < 4.78 is 5.02. The molecule has 0 spiro atoms. The van der Waals surface area contributed by atoms with Crippen LogP contribution in [0.4, 0.5) is 0 Å². The molecule has 0 aliphatic rings. The molecule has 0 fully saturated rings. The second-order valence-electron chi connectivity index (χ2n) is 6.18. The van der Waals surface area contributed by atoms with E-state index in [1.165, 1.54) is 0 Å². The molecule has 4 nitrogen and oxygen atoms in total. The SMILES string of the molecule is C=C(C)C(=O)OCCCCCNC(=O)c1ccc(-c2ccccc2)cc1. The lowest BCUT2D eigenvalue weighted by atomic mass is 10.0. The van der Waals surface area contributed by atoms with E-state index in [-0.39, 0.29) is 11.9 Å². The standard InChI is InChI=1S/C22H25NO3/c1-17(2)22(25)26-16-8-4-7-15-23-21(24)20-13-11-19(12-14-20)18-9-5-3-6-10-18/h3,5-6,9-14H,1,4,7-8,15-16H2,2H3,(H,23,24). The maximum absolute atomic E-state index is 12.2. The van der Waals surface area contributed by atoms with Crippen LogP contribution in [0.2, 0.25) is 0 Å². The van der Waals surface area contributed by atoms with Crippen molar-refractivity contribution in [3.05, 3.63) is 72.3 Å². The van der Waals surface area contributed by atoms with Gasteiger partial charge in [-0.25, -0.2) is 4.79 Å². The van der Waals surface area contributed by atoms with Gasteiger partial charge in [-0.2, -0.15) is 0 Å². The Bertz CT molecular complexity index is 736. The third kappa shape index (κ3) is 6.20. The van der Waals surface area contributed by atoms with Gasteiger partial charge in [0.1, 0.15) is 0 Å². The van der Waals surface area contributed by atoms with Crippen LogP contribution in [0.15, 0.2) is 66.7 Å². The second kappa shape index (κ2) is 10.2. The Kier molecular flexibility index (Phi) is 7.62. The van der Waals surface area contributed by atoms with E-state index in [0.717, 1.165) is 30.4 Å². The zero-order valence-electron chi connectivity index (χ0n) is 15.2. The van der Waals surface area contributed by atoms with Gasteiger partial charge in [0.15, 0.2) is 0 Å². The van der Waals surface area contributed by atoms with Gasteiger partial charge < -0.3 is 10.1 Å². The number of rotatable bonds is 9. The first-order valence-corrected chi connectivity index (χ1v) is 8.84. The smallest absolute Gasteiger partial charge is 0.333 e. The van der Waals surface area contributed by atoms with Gasteiger partial charge in [0.2, 0.25) is 0 Å². The van der Waals surface area contributed by atoms with E-state index in [1.807, 2.05) is 54.6 Å². The molecule has 0 heterocycles. The zero-order chi connectivity index (χ0) is 18.8. The van der Waals surface area contributed by atoms with Crippen molar-refractivity contribution in [1.82, 2.24) is 5.32 Å². The monoisotopic (exact) mass is 351 g/mol. The molecule has 1 amide bonds. The highest BCUT2D eigenvalue weighted by Gasteiger charge is 2.06. The summed E-state index contributed by atoms with van der Waals surface area (Å²) in [5.41, 5.74) is 3.29. The minimum Gasteiger partial charge on any atom is -0.462 e. The number of hydrogen-bond acceptors (Lipinski definition) is 3. The Hall–Kier alpha value is -2.88. The number of hydrogen-bond donors (Lipinski definition) is 1. The van der Waals surface area contributed by atoms with Crippen LogP contribution in [0, 0.1) is 0 Å². The van der Waals surface area contributed by atoms with Crippen molar-refractivity contribution in [1.29, 1.82) is 0 Å². The van der Waals surface area contributed by atoms with E-state index in [2.05, 4.69) is 11.9 Å². The van der Waals surface area contributed by atoms with Gasteiger partial charge in [-0.05, 0) is 49.4 Å². The molecule has 2 aromatic carbocycles. The molecule has 2 rings (SSSR count). The van der Waals surface area contributed by atoms with E-state index < -0.39 is 0 Å². The maximum Gasteiger partial charge on any atom is 0.333 e. The van der Waals surface area contributed by atoms with Crippen molar-refractivity contribution >= 4 is 11.9 Å². The third-order valence-electron chi connectivity index (χ3n) is 3.94. The highest BCUT2D eigenvalue weighted by molar-refractivity contribution is 5.94. The molecule has 1 N–H and O–H groups in total. The van der Waals surface area contributed by atoms with Gasteiger partial charge in [-0.15, -0.1) is 0 Å². The third-order valence-corrected chi connectivity index (χ3v) is 3.94. The molecule has 136 valence electrons. The van der Waals surface area contributed by atoms with Gasteiger partial charge >= 0.3 is 5.97 Å². The summed E-state index contributed by atoms with van der Waals surface area (Å²) in [6.45, 7) is 6.16. The summed E-state index contributed by atoms with van der Waals surface area (Å²) in [4.78, 5) is 23.4. The summed E-state index contributed by atoms with van der Waals surface area (Å²) >= 11 is 0. The van der Waals surface area contributed by atoms with Gasteiger partial charge in [0.25, 0.3) is 5.91 Å². The Balaban J connectivity index is 1.67. The fourth-order valence-electron chi connectivity index (χ4n) is 2.44. The molecular weight excluding hydrogens is 326 g/mol. The highest BCUT2D eigenvalue weighted by atomic mass is 16.5. The zero-order valence-corrected chi connectivity index (χ0v) is 15.2. The minimum atomic E-state index is -0.350. The minimum absolute atomic E-state index is 0.0710. The molecule has 0 aromatic heterocycles. The fourth-order valence-corrected chi connectivity index (χ4v) is 2.44. The molecule has 2 aromatic rings. The Labute approximate surface area is 154 Å². The Morgan fingerprint density at radius 3 is 2.23 bits per heavy atom. The van der Waals surface area contributed by atoms with Crippen molar-refractivity contribution in [2.75, 3.05) is 13.2 Å². The van der Waals surface area contributed by atoms with Crippen LogP contribution in [-0.4, -0.2) is 25.0 Å². The maximum atomic E-state index is 12.2. The molecule has 26 heavy (non-hydrogen) atoms. The molecule has 0 atom stereocenters. The topological polar surface area (TPSA) is 55.4 Å². The van der Waals surface area contributed by atoms with Crippen LogP contribution >= 0.6 is 0 Å². The number of amides is 1. The molecule has 0 aliphatic heterocycles. The van der Waals surface area contributed by atoms with Crippen LogP contribution in [0.25, 0.3) is 11.1 Å². The van der Waals surface area contributed by atoms with Crippen molar-refractivity contribution in [3.8, 4) is 11.1 Å². The largest absolute Gasteiger partial charge is 0.462 e. The van der Waals surface area contributed by atoms with Crippen molar-refractivity contribution in [3.63, 3.8) is 0 Å². The van der Waals surface area contributed by atoms with E-state index in [1.54, 1.807) is 6.92 Å². The average molecular weight is 351 g/mol. The molecule has 0 aliphatic carbocycles. The van der Waals surface area contributed by atoms with E-state index in [9.17, 15) is 9.59 Å². The number of carbonyl (C=O) groups excluding carboxylic acids is 2. The molecule has 0 radical (unpaired) electrons. The summed E-state index contributed by atoms with van der Waals surface area (Å²) in [6, 6.07) is 17.7. The summed E-state index contributed by atoms with van der Waals surface area (Å²) in [5.74, 6) is -0.421. The number of unbranched alkanes of at least 4 members (excludes halogenated alkanes) is 2. The van der Waals surface area contributed by atoms with Gasteiger partial charge in [-0.1, -0.05) is 49.0 Å². The van der Waals surface area contributed by atoms with Gasteiger partial charge in [0.05, 0.1) is 6.61 Å². The number of nitrogens with one attached hydrogen (secondary N) is 1. The number of ether oxygens (including phenoxy) is 1. The van der Waals surface area contributed by atoms with Gasteiger partial charge in [-0.3, -0.25) is 4.79 Å². The average Bonchev–Trinajstić information content (AvgIpc) is 2.67. The second-order valence-corrected chi connectivity index (χ2v) is 6.18. The highest BCUT2D eigenvalue weighted by Crippen LogP contribution is 2.19. The molecule has 0 unspecified atom stereocenters. The van der Waals surface area contributed by atoms with E-state index in [4.69, 9.17) is 4.74 Å². The van der Waals surface area contributed by atoms with Crippen molar-refractivity contribution < 1.29 is 14.3 Å². The first kappa shape index (κ1) is 19.4. The fraction of sp³-hybridized carbons (Fsp3) is 0.273. The van der Waals surface area contributed by atoms with E-state index >= 15 is 0 Å². The lowest BCUT2D eigenvalue weighted by molar-refractivity contribution is -0.139. The van der Waals surface area contributed by atoms with Crippen LogP contribution in [0.1, 0.15) is 36.5 Å². The van der Waals surface area contributed by atoms with Crippen molar-refractivity contribution in [2.24, 2.45) is 0 Å². The number of benzene rings is 2. The Morgan fingerprint density at radius 1 is 0.923 bits per heavy atom. The molecule has 0 saturated heterocycles. The summed E-state index contributed by atoms with van der Waals surface area (Å²) in [6.07, 6.45) is 2.51. The van der Waals surface area contributed by atoms with Crippen LogP contribution in [0.5, 0.6) is 0 Å².